The third-order valence-electron chi connectivity index (χ3n) is 6.34. The topological polar surface area (TPSA) is 87.2 Å². The number of nitrogens with zero attached hydrogens (tertiary/aromatic N) is 3. The number of ether oxygens (including phenoxy) is 1. The first-order chi connectivity index (χ1) is 16.3. The van der Waals surface area contributed by atoms with Crippen molar-refractivity contribution in [1.82, 2.24) is 9.21 Å². The van der Waals surface area contributed by atoms with Crippen molar-refractivity contribution in [1.29, 1.82) is 0 Å². The number of sulfonamides is 1. The van der Waals surface area contributed by atoms with Gasteiger partial charge in [0.1, 0.15) is 5.75 Å². The van der Waals surface area contributed by atoms with Crippen molar-refractivity contribution in [2.45, 2.75) is 37.5 Å². The molecule has 2 aliphatic heterocycles. The standard InChI is InChI=1S/C25H31N3O5S/c1-19(2)20-8-10-23(11-9-20)34(31,32)27-15-13-26(14-16-27)25(30)18-33-22-6-3-5-21(17-22)28-12-4-7-24(28)29/h3,5-6,8-11,17,19H,4,7,12-16,18H2,1-2H3. The van der Waals surface area contributed by atoms with Gasteiger partial charge in [-0.3, -0.25) is 9.59 Å². The maximum Gasteiger partial charge on any atom is 0.260 e. The van der Waals surface area contributed by atoms with Crippen molar-refractivity contribution in [3.05, 3.63) is 54.1 Å². The molecule has 0 aliphatic carbocycles. The quantitative estimate of drug-likeness (QED) is 0.602. The number of piperazine rings is 1. The molecule has 0 aromatic heterocycles. The first-order valence-corrected chi connectivity index (χ1v) is 13.1. The summed E-state index contributed by atoms with van der Waals surface area (Å²) in [4.78, 5) is 28.3. The molecule has 4 rings (SSSR count). The molecule has 8 nitrogen and oxygen atoms in total. The van der Waals surface area contributed by atoms with E-state index in [0.29, 0.717) is 37.7 Å². The summed E-state index contributed by atoms with van der Waals surface area (Å²) in [5.41, 5.74) is 1.86. The van der Waals surface area contributed by atoms with E-state index in [4.69, 9.17) is 4.74 Å². The molecule has 2 amide bonds. The van der Waals surface area contributed by atoms with Gasteiger partial charge in [0, 0.05) is 50.9 Å². The Labute approximate surface area is 201 Å². The van der Waals surface area contributed by atoms with Crippen LogP contribution in [-0.2, 0) is 19.6 Å². The molecular formula is C25H31N3O5S. The molecule has 0 N–H and O–H groups in total. The summed E-state index contributed by atoms with van der Waals surface area (Å²) in [5.74, 6) is 0.758. The second-order valence-electron chi connectivity index (χ2n) is 8.94. The van der Waals surface area contributed by atoms with Crippen LogP contribution in [0.2, 0.25) is 0 Å². The zero-order valence-corrected chi connectivity index (χ0v) is 20.5. The predicted molar refractivity (Wildman–Crippen MR) is 129 cm³/mol. The lowest BCUT2D eigenvalue weighted by Gasteiger charge is -2.34. The van der Waals surface area contributed by atoms with Gasteiger partial charge in [0.2, 0.25) is 15.9 Å². The minimum absolute atomic E-state index is 0.0944. The van der Waals surface area contributed by atoms with Gasteiger partial charge in [-0.1, -0.05) is 32.0 Å². The molecule has 0 radical (unpaired) electrons. The highest BCUT2D eigenvalue weighted by atomic mass is 32.2. The Balaban J connectivity index is 1.30. The summed E-state index contributed by atoms with van der Waals surface area (Å²) in [7, 11) is -3.59. The Morgan fingerprint density at radius 2 is 1.71 bits per heavy atom. The molecule has 0 saturated carbocycles. The molecule has 0 spiro atoms. The number of amides is 2. The third-order valence-corrected chi connectivity index (χ3v) is 8.25. The van der Waals surface area contributed by atoms with E-state index in [1.165, 1.54) is 4.31 Å². The maximum atomic E-state index is 13.0. The fourth-order valence-electron chi connectivity index (χ4n) is 4.25. The van der Waals surface area contributed by atoms with E-state index in [1.54, 1.807) is 40.1 Å². The van der Waals surface area contributed by atoms with Gasteiger partial charge in [0.25, 0.3) is 5.91 Å². The van der Waals surface area contributed by atoms with Crippen LogP contribution in [0.4, 0.5) is 5.69 Å². The van der Waals surface area contributed by atoms with E-state index < -0.39 is 10.0 Å². The summed E-state index contributed by atoms with van der Waals surface area (Å²) < 4.78 is 33.1. The molecule has 0 unspecified atom stereocenters. The summed E-state index contributed by atoms with van der Waals surface area (Å²) in [6.45, 7) is 5.79. The van der Waals surface area contributed by atoms with Crippen LogP contribution < -0.4 is 9.64 Å². The van der Waals surface area contributed by atoms with Crippen molar-refractivity contribution >= 4 is 27.5 Å². The second-order valence-corrected chi connectivity index (χ2v) is 10.9. The van der Waals surface area contributed by atoms with Gasteiger partial charge in [-0.05, 0) is 42.2 Å². The number of carbonyl (C=O) groups is 2. The molecule has 0 atom stereocenters. The smallest absolute Gasteiger partial charge is 0.260 e. The van der Waals surface area contributed by atoms with E-state index in [9.17, 15) is 18.0 Å². The van der Waals surface area contributed by atoms with Crippen molar-refractivity contribution in [2.75, 3.05) is 44.2 Å². The molecule has 2 fully saturated rings. The van der Waals surface area contributed by atoms with E-state index >= 15 is 0 Å². The summed E-state index contributed by atoms with van der Waals surface area (Å²) in [5, 5.41) is 0. The molecular weight excluding hydrogens is 454 g/mol. The number of benzene rings is 2. The fourth-order valence-corrected chi connectivity index (χ4v) is 5.67. The second kappa shape index (κ2) is 10.1. The SMILES string of the molecule is CC(C)c1ccc(S(=O)(=O)N2CCN(C(=O)COc3cccc(N4CCCC4=O)c3)CC2)cc1. The maximum absolute atomic E-state index is 13.0. The molecule has 2 aliphatic rings. The molecule has 0 bridgehead atoms. The van der Waals surface area contributed by atoms with Gasteiger partial charge < -0.3 is 14.5 Å². The lowest BCUT2D eigenvalue weighted by molar-refractivity contribution is -0.134. The van der Waals surface area contributed by atoms with Crippen LogP contribution in [-0.4, -0.2) is 68.8 Å². The van der Waals surface area contributed by atoms with Crippen molar-refractivity contribution in [3.63, 3.8) is 0 Å². The summed E-state index contributed by atoms with van der Waals surface area (Å²) in [6, 6.07) is 14.2. The highest BCUT2D eigenvalue weighted by molar-refractivity contribution is 7.89. The molecule has 2 heterocycles. The highest BCUT2D eigenvalue weighted by Crippen LogP contribution is 2.26. The summed E-state index contributed by atoms with van der Waals surface area (Å²) in [6.07, 6.45) is 1.39. The normalized spacial score (nSPS) is 17.4. The Hall–Kier alpha value is -2.91. The molecule has 9 heteroatoms. The average molecular weight is 486 g/mol. The Morgan fingerprint density at radius 3 is 2.32 bits per heavy atom. The van der Waals surface area contributed by atoms with E-state index in [0.717, 1.165) is 17.7 Å². The fraction of sp³-hybridized carbons (Fsp3) is 0.440. The van der Waals surface area contributed by atoms with Crippen LogP contribution >= 0.6 is 0 Å². The largest absolute Gasteiger partial charge is 0.484 e. The Kier molecular flexibility index (Phi) is 7.23. The van der Waals surface area contributed by atoms with E-state index in [-0.39, 0.29) is 36.4 Å². The van der Waals surface area contributed by atoms with Crippen molar-refractivity contribution < 1.29 is 22.7 Å². The zero-order valence-electron chi connectivity index (χ0n) is 19.6. The Bertz CT molecular complexity index is 1140. The molecule has 2 aromatic carbocycles. The van der Waals surface area contributed by atoms with Gasteiger partial charge in [0.05, 0.1) is 4.90 Å². The van der Waals surface area contributed by atoms with E-state index in [1.807, 2.05) is 18.2 Å². The summed E-state index contributed by atoms with van der Waals surface area (Å²) >= 11 is 0. The number of hydrogen-bond donors (Lipinski definition) is 0. The molecule has 34 heavy (non-hydrogen) atoms. The van der Waals surface area contributed by atoms with Crippen LogP contribution in [0.5, 0.6) is 5.75 Å². The average Bonchev–Trinajstić information content (AvgIpc) is 3.28. The van der Waals surface area contributed by atoms with Gasteiger partial charge in [-0.15, -0.1) is 0 Å². The van der Waals surface area contributed by atoms with E-state index in [2.05, 4.69) is 13.8 Å². The monoisotopic (exact) mass is 485 g/mol. The Morgan fingerprint density at radius 1 is 1.00 bits per heavy atom. The van der Waals surface area contributed by atoms with Gasteiger partial charge in [-0.25, -0.2) is 8.42 Å². The van der Waals surface area contributed by atoms with Crippen molar-refractivity contribution in [2.24, 2.45) is 0 Å². The highest BCUT2D eigenvalue weighted by Gasteiger charge is 2.30. The first-order valence-electron chi connectivity index (χ1n) is 11.7. The van der Waals surface area contributed by atoms with Gasteiger partial charge in [0.15, 0.2) is 6.61 Å². The van der Waals surface area contributed by atoms with Gasteiger partial charge >= 0.3 is 0 Å². The van der Waals surface area contributed by atoms with Crippen LogP contribution in [0.15, 0.2) is 53.4 Å². The van der Waals surface area contributed by atoms with Crippen LogP contribution in [0.1, 0.15) is 38.2 Å². The number of rotatable bonds is 7. The van der Waals surface area contributed by atoms with Crippen LogP contribution in [0.3, 0.4) is 0 Å². The third kappa shape index (κ3) is 5.26. The van der Waals surface area contributed by atoms with Gasteiger partial charge in [-0.2, -0.15) is 4.31 Å². The molecule has 182 valence electrons. The van der Waals surface area contributed by atoms with Crippen LogP contribution in [0.25, 0.3) is 0 Å². The number of carbonyl (C=O) groups excluding carboxylic acids is 2. The van der Waals surface area contributed by atoms with Crippen molar-refractivity contribution in [3.8, 4) is 5.75 Å². The minimum Gasteiger partial charge on any atom is -0.484 e. The minimum atomic E-state index is -3.59. The predicted octanol–water partition coefficient (Wildman–Crippen LogP) is 2.85. The number of anilines is 1. The first kappa shape index (κ1) is 24.2. The molecule has 2 saturated heterocycles. The molecule has 2 aromatic rings. The zero-order chi connectivity index (χ0) is 24.3. The lowest BCUT2D eigenvalue weighted by atomic mass is 10.0. The van der Waals surface area contributed by atoms with Crippen LogP contribution in [0, 0.1) is 0 Å². The number of hydrogen-bond acceptors (Lipinski definition) is 5. The lowest BCUT2D eigenvalue weighted by Crippen LogP contribution is -2.51.